The molecule has 1 aromatic heterocycles. The van der Waals surface area contributed by atoms with E-state index in [2.05, 4.69) is 10.5 Å². The number of thioether (sulfide) groups is 1. The van der Waals surface area contributed by atoms with Gasteiger partial charge < -0.3 is 9.84 Å². The van der Waals surface area contributed by atoms with Crippen LogP contribution in [0.4, 0.5) is 10.5 Å². The van der Waals surface area contributed by atoms with Crippen molar-refractivity contribution in [3.8, 4) is 11.4 Å². The lowest BCUT2D eigenvalue weighted by Crippen LogP contribution is -2.46. The van der Waals surface area contributed by atoms with E-state index in [1.807, 2.05) is 99.0 Å². The van der Waals surface area contributed by atoms with Gasteiger partial charge in [0.25, 0.3) is 5.89 Å². The summed E-state index contributed by atoms with van der Waals surface area (Å²) in [5, 5.41) is 7.39. The van der Waals surface area contributed by atoms with E-state index in [4.69, 9.17) is 9.51 Å². The summed E-state index contributed by atoms with van der Waals surface area (Å²) in [5.41, 5.74) is 5.27. The second-order valence-electron chi connectivity index (χ2n) is 8.12. The highest BCUT2D eigenvalue weighted by Crippen LogP contribution is 2.39. The maximum Gasteiger partial charge on any atom is 0.326 e. The molecule has 1 unspecified atom stereocenters. The fourth-order valence-electron chi connectivity index (χ4n) is 4.13. The van der Waals surface area contributed by atoms with Crippen LogP contribution in [-0.2, 0) is 0 Å². The van der Waals surface area contributed by atoms with Crippen molar-refractivity contribution in [3.63, 3.8) is 0 Å². The Kier molecular flexibility index (Phi) is 5.94. The van der Waals surface area contributed by atoms with E-state index in [1.165, 1.54) is 0 Å². The van der Waals surface area contributed by atoms with E-state index in [-0.39, 0.29) is 6.03 Å². The summed E-state index contributed by atoms with van der Waals surface area (Å²) in [5.74, 6) is 0.892. The Labute approximate surface area is 202 Å². The topological polar surface area (TPSA) is 71.3 Å². The van der Waals surface area contributed by atoms with E-state index in [0.717, 1.165) is 38.5 Å². The van der Waals surface area contributed by atoms with Crippen LogP contribution in [0.5, 0.6) is 0 Å². The van der Waals surface area contributed by atoms with Gasteiger partial charge in [-0.1, -0.05) is 71.4 Å². The van der Waals surface area contributed by atoms with Gasteiger partial charge in [0.2, 0.25) is 5.82 Å². The van der Waals surface area contributed by atoms with E-state index < -0.39 is 6.04 Å². The lowest BCUT2D eigenvalue weighted by molar-refractivity contribution is 0.244. The maximum absolute atomic E-state index is 13.3. The molecule has 1 aliphatic heterocycles. The van der Waals surface area contributed by atoms with Crippen LogP contribution in [0.2, 0.25) is 0 Å². The summed E-state index contributed by atoms with van der Waals surface area (Å²) in [4.78, 5) is 20.8. The van der Waals surface area contributed by atoms with Crippen molar-refractivity contribution in [2.24, 2.45) is 0 Å². The molecule has 2 heterocycles. The van der Waals surface area contributed by atoms with Gasteiger partial charge in [-0.05, 0) is 43.9 Å². The number of benzene rings is 3. The van der Waals surface area contributed by atoms with Crippen LogP contribution in [0.3, 0.4) is 0 Å². The minimum absolute atomic E-state index is 0.202. The first-order valence-electron chi connectivity index (χ1n) is 11.0. The summed E-state index contributed by atoms with van der Waals surface area (Å²) in [6.45, 7) is 3.96. The summed E-state index contributed by atoms with van der Waals surface area (Å²) < 4.78 is 5.77. The molecule has 0 bridgehead atoms. The molecule has 3 aromatic carbocycles. The van der Waals surface area contributed by atoms with Crippen molar-refractivity contribution >= 4 is 29.1 Å². The lowest BCUT2D eigenvalue weighted by Gasteiger charge is -2.35. The molecule has 2 amide bonds. The Morgan fingerprint density at radius 3 is 2.47 bits per heavy atom. The number of anilines is 1. The zero-order valence-corrected chi connectivity index (χ0v) is 20.0. The van der Waals surface area contributed by atoms with Crippen molar-refractivity contribution in [1.82, 2.24) is 15.5 Å². The Balaban J connectivity index is 1.65. The van der Waals surface area contributed by atoms with Crippen LogP contribution < -0.4 is 10.2 Å². The molecular weight excluding hydrogens is 444 g/mol. The van der Waals surface area contributed by atoms with Gasteiger partial charge in [-0.2, -0.15) is 4.98 Å². The summed E-state index contributed by atoms with van der Waals surface area (Å²) in [6.07, 6.45) is 2.01. The number of hydrogen-bond acceptors (Lipinski definition) is 5. The standard InChI is InChI=1S/C27H24N4O2S/c1-17-12-14-20(15-13-17)25-29-26(33-30-25)23-18(2)31(21-10-7-11-22(16-21)34-3)27(32)28-24(23)19-8-5-4-6-9-19/h4-16,24H,1-3H3,(H,28,32). The summed E-state index contributed by atoms with van der Waals surface area (Å²) >= 11 is 1.63. The molecule has 4 aromatic rings. The number of urea groups is 1. The zero-order chi connectivity index (χ0) is 23.7. The number of aryl methyl sites for hydroxylation is 1. The van der Waals surface area contributed by atoms with E-state index >= 15 is 0 Å². The number of hydrogen-bond donors (Lipinski definition) is 1. The van der Waals surface area contributed by atoms with Crippen LogP contribution in [0.1, 0.15) is 30.0 Å². The van der Waals surface area contributed by atoms with E-state index in [9.17, 15) is 4.79 Å². The van der Waals surface area contributed by atoms with Gasteiger partial charge in [0.05, 0.1) is 17.3 Å². The largest absolute Gasteiger partial charge is 0.334 e. The van der Waals surface area contributed by atoms with E-state index in [0.29, 0.717) is 11.7 Å². The molecule has 0 radical (unpaired) electrons. The number of allylic oxidation sites excluding steroid dienone is 1. The normalized spacial score (nSPS) is 16.0. The molecule has 170 valence electrons. The van der Waals surface area contributed by atoms with Crippen LogP contribution in [0, 0.1) is 6.92 Å². The fraction of sp³-hybridized carbons (Fsp3) is 0.148. The zero-order valence-electron chi connectivity index (χ0n) is 19.1. The van der Waals surface area contributed by atoms with Crippen molar-refractivity contribution in [1.29, 1.82) is 0 Å². The number of amides is 2. The van der Waals surface area contributed by atoms with Gasteiger partial charge in [-0.3, -0.25) is 4.90 Å². The Hall–Kier alpha value is -3.84. The lowest BCUT2D eigenvalue weighted by atomic mass is 9.94. The summed E-state index contributed by atoms with van der Waals surface area (Å²) in [6, 6.07) is 25.1. The van der Waals surface area contributed by atoms with Gasteiger partial charge in [-0.25, -0.2) is 4.79 Å². The molecule has 1 N–H and O–H groups in total. The molecule has 7 heteroatoms. The predicted molar refractivity (Wildman–Crippen MR) is 135 cm³/mol. The highest BCUT2D eigenvalue weighted by atomic mass is 32.2. The molecule has 0 spiro atoms. The number of nitrogens with one attached hydrogen (secondary N) is 1. The van der Waals surface area contributed by atoms with Gasteiger partial charge in [0.15, 0.2) is 0 Å². The third-order valence-corrected chi connectivity index (χ3v) is 6.62. The van der Waals surface area contributed by atoms with Crippen molar-refractivity contribution < 1.29 is 9.32 Å². The fourth-order valence-corrected chi connectivity index (χ4v) is 4.58. The second-order valence-corrected chi connectivity index (χ2v) is 9.00. The molecule has 0 fully saturated rings. The molecule has 5 rings (SSSR count). The minimum Gasteiger partial charge on any atom is -0.334 e. The van der Waals surface area contributed by atoms with Crippen LogP contribution in [-0.4, -0.2) is 22.4 Å². The van der Waals surface area contributed by atoms with Gasteiger partial charge in [0.1, 0.15) is 0 Å². The SMILES string of the molecule is CSc1cccc(N2C(=O)NC(c3ccccc3)C(c3nc(-c4ccc(C)cc4)no3)=C2C)c1. The predicted octanol–water partition coefficient (Wildman–Crippen LogP) is 6.47. The van der Waals surface area contributed by atoms with Crippen LogP contribution in [0.25, 0.3) is 17.0 Å². The molecule has 34 heavy (non-hydrogen) atoms. The smallest absolute Gasteiger partial charge is 0.326 e. The molecular formula is C27H24N4O2S. The van der Waals surface area contributed by atoms with Crippen LogP contribution >= 0.6 is 11.8 Å². The number of carbonyl (C=O) groups is 1. The number of nitrogens with zero attached hydrogens (tertiary/aromatic N) is 3. The average Bonchev–Trinajstić information content (AvgIpc) is 3.34. The highest BCUT2D eigenvalue weighted by molar-refractivity contribution is 7.98. The first-order valence-corrected chi connectivity index (χ1v) is 12.2. The number of aromatic nitrogens is 2. The monoisotopic (exact) mass is 468 g/mol. The molecule has 0 saturated heterocycles. The molecule has 0 aliphatic carbocycles. The van der Waals surface area contributed by atoms with Crippen molar-refractivity contribution in [2.45, 2.75) is 24.8 Å². The van der Waals surface area contributed by atoms with Gasteiger partial charge in [-0.15, -0.1) is 11.8 Å². The number of rotatable bonds is 5. The first-order chi connectivity index (χ1) is 16.5. The highest BCUT2D eigenvalue weighted by Gasteiger charge is 2.36. The maximum atomic E-state index is 13.3. The van der Waals surface area contributed by atoms with E-state index in [1.54, 1.807) is 16.7 Å². The van der Waals surface area contributed by atoms with Gasteiger partial charge in [0, 0.05) is 16.2 Å². The molecule has 6 nitrogen and oxygen atoms in total. The number of carbonyl (C=O) groups excluding carboxylic acids is 1. The Morgan fingerprint density at radius 1 is 0.971 bits per heavy atom. The quantitative estimate of drug-likeness (QED) is 0.340. The van der Waals surface area contributed by atoms with Crippen molar-refractivity contribution in [3.05, 3.63) is 102 Å². The van der Waals surface area contributed by atoms with Crippen LogP contribution in [0.15, 0.2) is 94.0 Å². The molecule has 1 aliphatic rings. The Bertz CT molecular complexity index is 1360. The average molecular weight is 469 g/mol. The third kappa shape index (κ3) is 4.10. The van der Waals surface area contributed by atoms with Crippen molar-refractivity contribution in [2.75, 3.05) is 11.2 Å². The summed E-state index contributed by atoms with van der Waals surface area (Å²) in [7, 11) is 0. The minimum atomic E-state index is -0.417. The second kappa shape index (κ2) is 9.19. The van der Waals surface area contributed by atoms with Gasteiger partial charge >= 0.3 is 6.03 Å². The first kappa shape index (κ1) is 22.0. The molecule has 1 atom stereocenters. The Morgan fingerprint density at radius 2 is 1.74 bits per heavy atom. The third-order valence-electron chi connectivity index (χ3n) is 5.90. The molecule has 0 saturated carbocycles.